The molecule has 2 spiro atoms. The Morgan fingerprint density at radius 2 is 1.43 bits per heavy atom. The molecule has 0 radical (unpaired) electrons. The summed E-state index contributed by atoms with van der Waals surface area (Å²) in [6.07, 6.45) is 0.113. The first-order valence-corrected chi connectivity index (χ1v) is 15.2. The van der Waals surface area contributed by atoms with Crippen molar-refractivity contribution in [1.29, 1.82) is 0 Å². The van der Waals surface area contributed by atoms with Crippen molar-refractivity contribution in [3.8, 4) is 0 Å². The number of hydrogen-bond acceptors (Lipinski definition) is 9. The SMILES string of the molecule is C=C1[C@@H](OC(=O)/C=C/c2ccccc2)CC[C@@]2(C)[C@@H](OC(C)=O)[C@H](OC(C)=O)C34C(C)C(=O)C[C@@H](C(OC(C)=O)C132)C4(C)C. The first-order valence-electron chi connectivity index (χ1n) is 15.2. The minimum absolute atomic E-state index is 0.0657. The number of fused-ring (bicyclic) bond motifs is 1. The third kappa shape index (κ3) is 4.07. The minimum atomic E-state index is -1.27. The Morgan fingerprint density at radius 1 is 0.864 bits per heavy atom. The molecular formula is C35H42O9. The van der Waals surface area contributed by atoms with Crippen LogP contribution in [0, 0.1) is 33.5 Å². The van der Waals surface area contributed by atoms with Crippen molar-refractivity contribution in [2.24, 2.45) is 33.5 Å². The summed E-state index contributed by atoms with van der Waals surface area (Å²) in [6.45, 7) is 16.2. The maximum atomic E-state index is 13.9. The van der Waals surface area contributed by atoms with E-state index in [9.17, 15) is 24.0 Å². The fourth-order valence-electron chi connectivity index (χ4n) is 10.2. The average molecular weight is 607 g/mol. The molecule has 236 valence electrons. The highest BCUT2D eigenvalue weighted by Gasteiger charge is 2.92. The summed E-state index contributed by atoms with van der Waals surface area (Å²) in [7, 11) is 0. The van der Waals surface area contributed by atoms with Crippen LogP contribution in [0.3, 0.4) is 0 Å². The van der Waals surface area contributed by atoms with Crippen LogP contribution in [0.4, 0.5) is 0 Å². The van der Waals surface area contributed by atoms with E-state index >= 15 is 0 Å². The molecule has 4 fully saturated rings. The van der Waals surface area contributed by atoms with Crippen LogP contribution in [-0.4, -0.2) is 54.1 Å². The third-order valence-electron chi connectivity index (χ3n) is 11.4. The molecule has 4 saturated carbocycles. The molecule has 44 heavy (non-hydrogen) atoms. The summed E-state index contributed by atoms with van der Waals surface area (Å²) < 4.78 is 24.5. The van der Waals surface area contributed by atoms with Crippen LogP contribution >= 0.6 is 0 Å². The number of Topliss-reactive ketones (excluding diaryl/α,β-unsaturated/α-hetero) is 1. The third-order valence-corrected chi connectivity index (χ3v) is 11.4. The van der Waals surface area contributed by atoms with Gasteiger partial charge in [0.25, 0.3) is 0 Å². The van der Waals surface area contributed by atoms with Crippen molar-refractivity contribution in [3.05, 3.63) is 54.1 Å². The van der Waals surface area contributed by atoms with Gasteiger partial charge in [0.2, 0.25) is 0 Å². The van der Waals surface area contributed by atoms with Gasteiger partial charge in [0.15, 0.2) is 0 Å². The maximum Gasteiger partial charge on any atom is 0.331 e. The minimum Gasteiger partial charge on any atom is -0.461 e. The normalized spacial score (nSPS) is 38.4. The van der Waals surface area contributed by atoms with Gasteiger partial charge in [0.05, 0.1) is 5.41 Å². The van der Waals surface area contributed by atoms with E-state index in [2.05, 4.69) is 6.58 Å². The monoisotopic (exact) mass is 606 g/mol. The summed E-state index contributed by atoms with van der Waals surface area (Å²) in [5.74, 6) is -3.51. The smallest absolute Gasteiger partial charge is 0.331 e. The van der Waals surface area contributed by atoms with Gasteiger partial charge in [-0.25, -0.2) is 4.79 Å². The molecule has 2 bridgehead atoms. The van der Waals surface area contributed by atoms with Crippen molar-refractivity contribution >= 4 is 35.7 Å². The Bertz CT molecular complexity index is 1440. The van der Waals surface area contributed by atoms with E-state index < -0.39 is 81.8 Å². The van der Waals surface area contributed by atoms with Crippen molar-refractivity contribution in [2.45, 2.75) is 92.1 Å². The number of esters is 4. The number of carbonyl (C=O) groups excluding carboxylic acids is 5. The largest absolute Gasteiger partial charge is 0.461 e. The Kier molecular flexibility index (Phi) is 7.70. The zero-order valence-electron chi connectivity index (χ0n) is 26.5. The predicted octanol–water partition coefficient (Wildman–Crippen LogP) is 5.01. The summed E-state index contributed by atoms with van der Waals surface area (Å²) in [5, 5.41) is 0. The lowest BCUT2D eigenvalue weighted by Crippen LogP contribution is -2.63. The zero-order valence-corrected chi connectivity index (χ0v) is 26.5. The summed E-state index contributed by atoms with van der Waals surface area (Å²) in [4.78, 5) is 65.4. The number of benzene rings is 1. The summed E-state index contributed by atoms with van der Waals surface area (Å²) in [5.41, 5.74) is -2.97. The summed E-state index contributed by atoms with van der Waals surface area (Å²) >= 11 is 0. The molecule has 4 unspecified atom stereocenters. The predicted molar refractivity (Wildman–Crippen MR) is 159 cm³/mol. The van der Waals surface area contributed by atoms with Crippen molar-refractivity contribution in [2.75, 3.05) is 0 Å². The van der Waals surface area contributed by atoms with E-state index in [0.29, 0.717) is 18.4 Å². The van der Waals surface area contributed by atoms with E-state index in [1.807, 2.05) is 58.0 Å². The van der Waals surface area contributed by atoms with Gasteiger partial charge >= 0.3 is 23.9 Å². The lowest BCUT2D eigenvalue weighted by atomic mass is 9.42. The maximum absolute atomic E-state index is 13.9. The second kappa shape index (κ2) is 10.7. The fraction of sp³-hybridized carbons (Fsp3) is 0.571. The van der Waals surface area contributed by atoms with Crippen LogP contribution in [0.15, 0.2) is 48.6 Å². The van der Waals surface area contributed by atoms with Gasteiger partial charge in [-0.1, -0.05) is 64.6 Å². The van der Waals surface area contributed by atoms with Crippen LogP contribution in [0.25, 0.3) is 6.08 Å². The second-order valence-corrected chi connectivity index (χ2v) is 13.6. The number of ether oxygens (including phenoxy) is 4. The average Bonchev–Trinajstić information content (AvgIpc) is 3.18. The quantitative estimate of drug-likeness (QED) is 0.190. The highest BCUT2D eigenvalue weighted by atomic mass is 16.6. The Labute approximate surface area is 258 Å². The van der Waals surface area contributed by atoms with Gasteiger partial charge in [0, 0.05) is 55.9 Å². The number of carbonyl (C=O) groups is 5. The van der Waals surface area contributed by atoms with E-state index in [1.54, 1.807) is 6.08 Å². The highest BCUT2D eigenvalue weighted by molar-refractivity contribution is 5.88. The number of ketones is 1. The van der Waals surface area contributed by atoms with Gasteiger partial charge in [-0.05, 0) is 35.5 Å². The number of rotatable bonds is 6. The molecule has 1 aromatic rings. The second-order valence-electron chi connectivity index (χ2n) is 13.6. The van der Waals surface area contributed by atoms with E-state index in [1.165, 1.54) is 26.8 Å². The van der Waals surface area contributed by atoms with Crippen LogP contribution in [0.2, 0.25) is 0 Å². The van der Waals surface area contributed by atoms with Crippen LogP contribution in [-0.2, 0) is 42.9 Å². The van der Waals surface area contributed by atoms with Crippen LogP contribution in [0.1, 0.15) is 73.3 Å². The van der Waals surface area contributed by atoms with Crippen molar-refractivity contribution in [1.82, 2.24) is 0 Å². The Balaban J connectivity index is 1.73. The molecule has 4 aliphatic carbocycles. The lowest BCUT2D eigenvalue weighted by molar-refractivity contribution is -0.194. The molecule has 0 aliphatic heterocycles. The molecule has 9 atom stereocenters. The van der Waals surface area contributed by atoms with Gasteiger partial charge < -0.3 is 18.9 Å². The molecule has 5 rings (SSSR count). The standard InChI is InChI=1S/C35H42O9/c1-19-26(39)18-25-29(41-21(3)36)35-20(2)27(44-28(40)15-14-24-12-10-9-11-13-24)16-17-33(35,8)30(42-22(4)37)31(43-23(5)38)34(19,35)32(25,6)7/h9-15,19,25,27,29-31H,2,16-18H2,1,3-8H3/b15-14+/t19?,25-,27-,29?,30-,31-,33-,34?,35?/m0/s1. The molecule has 1 aromatic carbocycles. The molecule has 0 amide bonds. The molecule has 0 N–H and O–H groups in total. The van der Waals surface area contributed by atoms with Gasteiger partial charge in [-0.15, -0.1) is 0 Å². The fourth-order valence-corrected chi connectivity index (χ4v) is 10.2. The highest BCUT2D eigenvalue weighted by Crippen LogP contribution is 2.86. The molecule has 0 heterocycles. The van der Waals surface area contributed by atoms with Crippen molar-refractivity contribution < 1.29 is 42.9 Å². The van der Waals surface area contributed by atoms with E-state index in [0.717, 1.165) is 5.56 Å². The van der Waals surface area contributed by atoms with Gasteiger partial charge in [-0.3, -0.25) is 19.2 Å². The topological polar surface area (TPSA) is 122 Å². The summed E-state index contributed by atoms with van der Waals surface area (Å²) in [6, 6.07) is 9.34. The molecule has 0 saturated heterocycles. The van der Waals surface area contributed by atoms with Gasteiger partial charge in [0.1, 0.15) is 30.2 Å². The Hall–Kier alpha value is -3.75. The van der Waals surface area contributed by atoms with Crippen LogP contribution in [0.5, 0.6) is 0 Å². The zero-order chi connectivity index (χ0) is 32.4. The van der Waals surface area contributed by atoms with E-state index in [-0.39, 0.29) is 12.2 Å². The first-order chi connectivity index (χ1) is 20.6. The number of hydrogen-bond donors (Lipinski definition) is 0. The van der Waals surface area contributed by atoms with E-state index in [4.69, 9.17) is 18.9 Å². The Morgan fingerprint density at radius 3 is 2.02 bits per heavy atom. The molecular weight excluding hydrogens is 564 g/mol. The molecule has 9 heteroatoms. The lowest BCUT2D eigenvalue weighted by Gasteiger charge is -2.60. The molecule has 0 aromatic heterocycles. The first kappa shape index (κ1) is 31.7. The van der Waals surface area contributed by atoms with Gasteiger partial charge in [-0.2, -0.15) is 0 Å². The van der Waals surface area contributed by atoms with Crippen LogP contribution < -0.4 is 0 Å². The molecule has 4 aliphatic rings. The van der Waals surface area contributed by atoms with Crippen molar-refractivity contribution in [3.63, 3.8) is 0 Å². The molecule has 9 nitrogen and oxygen atoms in total.